The van der Waals surface area contributed by atoms with Crippen molar-refractivity contribution >= 4 is 28.5 Å². The highest BCUT2D eigenvalue weighted by Crippen LogP contribution is 2.30. The van der Waals surface area contributed by atoms with E-state index >= 15 is 0 Å². The van der Waals surface area contributed by atoms with Crippen molar-refractivity contribution < 1.29 is 14.3 Å². The maximum absolute atomic E-state index is 13.5. The van der Waals surface area contributed by atoms with Crippen molar-refractivity contribution in [1.29, 1.82) is 0 Å². The smallest absolute Gasteiger partial charge is 0.323 e. The van der Waals surface area contributed by atoms with Crippen molar-refractivity contribution in [2.24, 2.45) is 5.73 Å². The highest BCUT2D eigenvalue weighted by atomic mass is 16.5. The number of ether oxygens (including phenoxy) is 1. The first kappa shape index (κ1) is 24.3. The molecule has 3 N–H and O–H groups in total. The first-order chi connectivity index (χ1) is 18.1. The standard InChI is InChI=1S/C30H30N4O3/c31-29(35)28(22-9-2-1-3-10-22)33-30(36)34(24-11-5-6-12-24)25-16-18-26(19-17-25)37-20-23-15-14-21-8-4-7-13-27(21)32-23/h1-4,7-10,13-19,24,28H,5-6,11-12,20H2,(H2,31,35)(H,33,36)/t28-/m0/s1. The number of hydrogen-bond donors (Lipinski definition) is 2. The SMILES string of the molecule is NC(=O)[C@@H](NC(=O)N(c1ccc(OCc2ccc3ccccc3n2)cc1)C1CCCC1)c1ccccc1. The molecule has 1 aromatic heterocycles. The van der Waals surface area contributed by atoms with Gasteiger partial charge in [0.05, 0.1) is 11.2 Å². The molecule has 1 aliphatic carbocycles. The van der Waals surface area contributed by atoms with Crippen LogP contribution in [0.4, 0.5) is 10.5 Å². The third-order valence-electron chi connectivity index (χ3n) is 6.75. The summed E-state index contributed by atoms with van der Waals surface area (Å²) < 4.78 is 5.97. The number of benzene rings is 3. The molecule has 1 atom stereocenters. The molecule has 1 heterocycles. The molecule has 3 aromatic carbocycles. The highest BCUT2D eigenvalue weighted by molar-refractivity contribution is 5.96. The number of amides is 3. The topological polar surface area (TPSA) is 97.5 Å². The fourth-order valence-electron chi connectivity index (χ4n) is 4.86. The van der Waals surface area contributed by atoms with E-state index in [0.29, 0.717) is 17.9 Å². The number of rotatable bonds is 8. The summed E-state index contributed by atoms with van der Waals surface area (Å²) in [6.07, 6.45) is 3.94. The molecule has 188 valence electrons. The van der Waals surface area contributed by atoms with Gasteiger partial charge in [-0.3, -0.25) is 9.69 Å². The second-order valence-corrected chi connectivity index (χ2v) is 9.28. The molecule has 0 aliphatic heterocycles. The molecule has 1 saturated carbocycles. The molecule has 1 aliphatic rings. The van der Waals surface area contributed by atoms with Gasteiger partial charge in [0.25, 0.3) is 0 Å². The minimum Gasteiger partial charge on any atom is -0.487 e. The van der Waals surface area contributed by atoms with Gasteiger partial charge in [0.1, 0.15) is 18.4 Å². The van der Waals surface area contributed by atoms with Gasteiger partial charge in [-0.1, -0.05) is 67.4 Å². The van der Waals surface area contributed by atoms with E-state index in [2.05, 4.69) is 10.3 Å². The molecular formula is C30H30N4O3. The molecule has 0 radical (unpaired) electrons. The first-order valence-corrected chi connectivity index (χ1v) is 12.6. The van der Waals surface area contributed by atoms with E-state index in [9.17, 15) is 9.59 Å². The molecule has 5 rings (SSSR count). The van der Waals surface area contributed by atoms with Crippen LogP contribution in [0.5, 0.6) is 5.75 Å². The van der Waals surface area contributed by atoms with E-state index < -0.39 is 11.9 Å². The third-order valence-corrected chi connectivity index (χ3v) is 6.75. The molecule has 37 heavy (non-hydrogen) atoms. The lowest BCUT2D eigenvalue weighted by Crippen LogP contribution is -2.49. The minimum atomic E-state index is -0.908. The molecule has 7 heteroatoms. The predicted molar refractivity (Wildman–Crippen MR) is 144 cm³/mol. The summed E-state index contributed by atoms with van der Waals surface area (Å²) in [6, 6.07) is 27.3. The van der Waals surface area contributed by atoms with Crippen molar-refractivity contribution in [2.45, 2.75) is 44.4 Å². The number of nitrogens with two attached hydrogens (primary N) is 1. The van der Waals surface area contributed by atoms with Gasteiger partial charge in [0.15, 0.2) is 0 Å². The number of nitrogens with zero attached hydrogens (tertiary/aromatic N) is 2. The fourth-order valence-corrected chi connectivity index (χ4v) is 4.86. The molecule has 0 bridgehead atoms. The molecule has 4 aromatic rings. The number of para-hydroxylation sites is 1. The molecule has 1 fully saturated rings. The third kappa shape index (κ3) is 5.72. The van der Waals surface area contributed by atoms with Crippen molar-refractivity contribution in [1.82, 2.24) is 10.3 Å². The van der Waals surface area contributed by atoms with Crippen LogP contribution in [-0.4, -0.2) is 23.0 Å². The maximum Gasteiger partial charge on any atom is 0.323 e. The number of fused-ring (bicyclic) bond motifs is 1. The van der Waals surface area contributed by atoms with Crippen molar-refractivity contribution in [3.8, 4) is 5.75 Å². The second kappa shape index (κ2) is 11.1. The van der Waals surface area contributed by atoms with Crippen LogP contribution in [0.1, 0.15) is 43.0 Å². The Bertz CT molecular complexity index is 1370. The summed E-state index contributed by atoms with van der Waals surface area (Å²) in [5.74, 6) is 0.0850. The molecule has 0 saturated heterocycles. The van der Waals surface area contributed by atoms with Gasteiger partial charge in [-0.05, 0) is 54.8 Å². The van der Waals surface area contributed by atoms with Crippen LogP contribution < -0.4 is 20.7 Å². The molecule has 0 spiro atoms. The summed E-state index contributed by atoms with van der Waals surface area (Å²) in [5, 5.41) is 3.95. The summed E-state index contributed by atoms with van der Waals surface area (Å²) in [5.41, 5.74) is 8.82. The van der Waals surface area contributed by atoms with Crippen molar-refractivity contribution in [3.63, 3.8) is 0 Å². The Morgan fingerprint density at radius 3 is 2.35 bits per heavy atom. The molecule has 3 amide bonds. The lowest BCUT2D eigenvalue weighted by molar-refractivity contribution is -0.119. The van der Waals surface area contributed by atoms with Gasteiger partial charge in [-0.25, -0.2) is 9.78 Å². The van der Waals surface area contributed by atoms with E-state index in [-0.39, 0.29) is 12.1 Å². The summed E-state index contributed by atoms with van der Waals surface area (Å²) in [6.45, 7) is 0.342. The summed E-state index contributed by atoms with van der Waals surface area (Å²) >= 11 is 0. The number of aromatic nitrogens is 1. The molecular weight excluding hydrogens is 464 g/mol. The van der Waals surface area contributed by atoms with Gasteiger partial charge in [0.2, 0.25) is 5.91 Å². The van der Waals surface area contributed by atoms with Crippen LogP contribution in [0.3, 0.4) is 0 Å². The Hall–Kier alpha value is -4.39. The van der Waals surface area contributed by atoms with Crippen LogP contribution >= 0.6 is 0 Å². The minimum absolute atomic E-state index is 0.0536. The molecule has 7 nitrogen and oxygen atoms in total. The zero-order valence-corrected chi connectivity index (χ0v) is 20.5. The molecule has 0 unspecified atom stereocenters. The van der Waals surface area contributed by atoms with Crippen LogP contribution in [0.2, 0.25) is 0 Å². The Morgan fingerprint density at radius 1 is 0.919 bits per heavy atom. The van der Waals surface area contributed by atoms with E-state index in [1.807, 2.05) is 78.9 Å². The maximum atomic E-state index is 13.5. The monoisotopic (exact) mass is 494 g/mol. The van der Waals surface area contributed by atoms with E-state index in [1.54, 1.807) is 17.0 Å². The lowest BCUT2D eigenvalue weighted by atomic mass is 10.1. The zero-order valence-electron chi connectivity index (χ0n) is 20.5. The number of primary amides is 1. The Balaban J connectivity index is 1.31. The largest absolute Gasteiger partial charge is 0.487 e. The normalized spacial score (nSPS) is 14.3. The van der Waals surface area contributed by atoms with Gasteiger partial charge in [0, 0.05) is 17.1 Å². The van der Waals surface area contributed by atoms with Gasteiger partial charge < -0.3 is 15.8 Å². The summed E-state index contributed by atoms with van der Waals surface area (Å²) in [7, 11) is 0. The number of carbonyl (C=O) groups is 2. The summed E-state index contributed by atoms with van der Waals surface area (Å²) in [4.78, 5) is 32.1. The average Bonchev–Trinajstić information content (AvgIpc) is 3.46. The number of carbonyl (C=O) groups excluding carboxylic acids is 2. The van der Waals surface area contributed by atoms with Crippen LogP contribution in [0, 0.1) is 0 Å². The van der Waals surface area contributed by atoms with Crippen LogP contribution in [0.15, 0.2) is 91.0 Å². The predicted octanol–water partition coefficient (Wildman–Crippen LogP) is 5.50. The van der Waals surface area contributed by atoms with E-state index in [1.165, 1.54) is 0 Å². The number of nitrogens with one attached hydrogen (secondary N) is 1. The number of hydrogen-bond acceptors (Lipinski definition) is 4. The van der Waals surface area contributed by atoms with Gasteiger partial charge >= 0.3 is 6.03 Å². The Labute approximate surface area is 216 Å². The van der Waals surface area contributed by atoms with E-state index in [4.69, 9.17) is 10.5 Å². The van der Waals surface area contributed by atoms with E-state index in [0.717, 1.165) is 48.0 Å². The Kier molecular flexibility index (Phi) is 7.31. The number of anilines is 1. The quantitative estimate of drug-likeness (QED) is 0.338. The Morgan fingerprint density at radius 2 is 1.62 bits per heavy atom. The lowest BCUT2D eigenvalue weighted by Gasteiger charge is -2.31. The first-order valence-electron chi connectivity index (χ1n) is 12.6. The van der Waals surface area contributed by atoms with Crippen LogP contribution in [0.25, 0.3) is 10.9 Å². The van der Waals surface area contributed by atoms with Crippen LogP contribution in [-0.2, 0) is 11.4 Å². The second-order valence-electron chi connectivity index (χ2n) is 9.28. The average molecular weight is 495 g/mol. The van der Waals surface area contributed by atoms with Crippen molar-refractivity contribution in [2.75, 3.05) is 4.90 Å². The zero-order chi connectivity index (χ0) is 25.6. The van der Waals surface area contributed by atoms with Gasteiger partial charge in [-0.15, -0.1) is 0 Å². The fraction of sp³-hybridized carbons (Fsp3) is 0.233. The number of pyridine rings is 1. The number of urea groups is 1. The van der Waals surface area contributed by atoms with Crippen molar-refractivity contribution in [3.05, 3.63) is 102 Å². The van der Waals surface area contributed by atoms with Gasteiger partial charge in [-0.2, -0.15) is 0 Å². The highest BCUT2D eigenvalue weighted by Gasteiger charge is 2.31.